The molecule has 0 radical (unpaired) electrons. The Hall–Kier alpha value is -0.870. The smallest absolute Gasteiger partial charge is 0.237 e. The molecule has 20 heavy (non-hydrogen) atoms. The van der Waals surface area contributed by atoms with Crippen LogP contribution in [0.15, 0.2) is 22.7 Å². The van der Waals surface area contributed by atoms with E-state index in [-0.39, 0.29) is 11.3 Å². The molecule has 1 amide bonds. The van der Waals surface area contributed by atoms with Gasteiger partial charge >= 0.3 is 0 Å². The lowest BCUT2D eigenvalue weighted by Crippen LogP contribution is -2.49. The van der Waals surface area contributed by atoms with Gasteiger partial charge in [0.25, 0.3) is 0 Å². The number of fused-ring (bicyclic) bond motifs is 2. The first-order valence-electron chi connectivity index (χ1n) is 7.28. The standard InChI is InChI=1S/C16H21BrN2O/c1-11(2)19-8-6-16(7-9-19)13-5-4-12(17)10-14(13)18(3)15(16)20/h4-5,10-11H,6-9H2,1-3H3. The van der Waals surface area contributed by atoms with E-state index in [1.165, 1.54) is 5.56 Å². The van der Waals surface area contributed by atoms with Gasteiger partial charge in [0.1, 0.15) is 0 Å². The van der Waals surface area contributed by atoms with Crippen molar-refractivity contribution >= 4 is 27.5 Å². The second-order valence-corrected chi connectivity index (χ2v) is 7.15. The van der Waals surface area contributed by atoms with E-state index in [4.69, 9.17) is 0 Å². The molecule has 1 fully saturated rings. The van der Waals surface area contributed by atoms with E-state index in [0.717, 1.165) is 36.1 Å². The van der Waals surface area contributed by atoms with E-state index in [1.807, 2.05) is 11.9 Å². The van der Waals surface area contributed by atoms with Crippen molar-refractivity contribution in [1.29, 1.82) is 0 Å². The second kappa shape index (κ2) is 4.85. The van der Waals surface area contributed by atoms with Crippen LogP contribution in [0.2, 0.25) is 0 Å². The first-order chi connectivity index (χ1) is 9.45. The van der Waals surface area contributed by atoms with E-state index < -0.39 is 0 Å². The molecule has 2 aliphatic rings. The Bertz CT molecular complexity index is 547. The van der Waals surface area contributed by atoms with Gasteiger partial charge in [-0.2, -0.15) is 0 Å². The summed E-state index contributed by atoms with van der Waals surface area (Å²) in [6.07, 6.45) is 1.87. The lowest BCUT2D eigenvalue weighted by atomic mass is 9.73. The highest BCUT2D eigenvalue weighted by atomic mass is 79.9. The van der Waals surface area contributed by atoms with E-state index in [9.17, 15) is 4.79 Å². The number of hydrogen-bond donors (Lipinski definition) is 0. The van der Waals surface area contributed by atoms with Crippen molar-refractivity contribution in [2.24, 2.45) is 0 Å². The van der Waals surface area contributed by atoms with Crippen molar-refractivity contribution in [2.75, 3.05) is 25.0 Å². The van der Waals surface area contributed by atoms with Gasteiger partial charge in [0.05, 0.1) is 5.41 Å². The fourth-order valence-corrected chi connectivity index (χ4v) is 3.99. The van der Waals surface area contributed by atoms with Crippen LogP contribution in [0.4, 0.5) is 5.69 Å². The van der Waals surface area contributed by atoms with Gasteiger partial charge in [-0.1, -0.05) is 22.0 Å². The Morgan fingerprint density at radius 1 is 1.25 bits per heavy atom. The fourth-order valence-electron chi connectivity index (χ4n) is 3.64. The number of nitrogens with zero attached hydrogens (tertiary/aromatic N) is 2. The third-order valence-corrected chi connectivity index (χ3v) is 5.43. The molecule has 1 aromatic carbocycles. The van der Waals surface area contributed by atoms with Gasteiger partial charge < -0.3 is 9.80 Å². The topological polar surface area (TPSA) is 23.6 Å². The number of piperidine rings is 1. The van der Waals surface area contributed by atoms with Crippen molar-refractivity contribution in [2.45, 2.75) is 38.1 Å². The van der Waals surface area contributed by atoms with Gasteiger partial charge in [0, 0.05) is 23.2 Å². The summed E-state index contributed by atoms with van der Waals surface area (Å²) in [7, 11) is 1.90. The van der Waals surface area contributed by atoms with Crippen LogP contribution in [0.1, 0.15) is 32.3 Å². The molecule has 1 aromatic rings. The van der Waals surface area contributed by atoms with E-state index in [0.29, 0.717) is 6.04 Å². The molecule has 0 aromatic heterocycles. The predicted octanol–water partition coefficient (Wildman–Crippen LogP) is 3.17. The molecule has 0 bridgehead atoms. The molecule has 0 N–H and O–H groups in total. The molecule has 108 valence electrons. The van der Waals surface area contributed by atoms with Crippen LogP contribution >= 0.6 is 15.9 Å². The lowest BCUT2D eigenvalue weighted by molar-refractivity contribution is -0.124. The van der Waals surface area contributed by atoms with Crippen LogP contribution in [0.3, 0.4) is 0 Å². The zero-order valence-electron chi connectivity index (χ0n) is 12.3. The number of hydrogen-bond acceptors (Lipinski definition) is 2. The molecule has 3 nitrogen and oxygen atoms in total. The van der Waals surface area contributed by atoms with Crippen LogP contribution < -0.4 is 4.90 Å². The highest BCUT2D eigenvalue weighted by molar-refractivity contribution is 9.10. The monoisotopic (exact) mass is 336 g/mol. The molecular formula is C16H21BrN2O. The summed E-state index contributed by atoms with van der Waals surface area (Å²) in [6.45, 7) is 6.47. The van der Waals surface area contributed by atoms with E-state index in [1.54, 1.807) is 0 Å². The van der Waals surface area contributed by atoms with Gasteiger partial charge in [-0.3, -0.25) is 4.79 Å². The van der Waals surface area contributed by atoms with Crippen molar-refractivity contribution in [1.82, 2.24) is 4.90 Å². The minimum atomic E-state index is -0.282. The molecule has 2 aliphatic heterocycles. The number of halogens is 1. The molecule has 4 heteroatoms. The van der Waals surface area contributed by atoms with Gasteiger partial charge in [-0.15, -0.1) is 0 Å². The van der Waals surface area contributed by atoms with Crippen LogP contribution in [0.5, 0.6) is 0 Å². The Morgan fingerprint density at radius 3 is 2.50 bits per heavy atom. The van der Waals surface area contributed by atoms with Crippen LogP contribution in [-0.4, -0.2) is 37.0 Å². The summed E-state index contributed by atoms with van der Waals surface area (Å²) in [5, 5.41) is 0. The number of likely N-dealkylation sites (tertiary alicyclic amines) is 1. The number of carbonyl (C=O) groups is 1. The maximum atomic E-state index is 12.8. The summed E-state index contributed by atoms with van der Waals surface area (Å²) in [4.78, 5) is 17.1. The maximum Gasteiger partial charge on any atom is 0.237 e. The number of amides is 1. The largest absolute Gasteiger partial charge is 0.314 e. The highest BCUT2D eigenvalue weighted by Gasteiger charge is 2.50. The molecule has 1 saturated heterocycles. The molecule has 2 heterocycles. The molecule has 0 saturated carbocycles. The van der Waals surface area contributed by atoms with Crippen molar-refractivity contribution in [3.8, 4) is 0 Å². The predicted molar refractivity (Wildman–Crippen MR) is 85.2 cm³/mol. The molecule has 0 aliphatic carbocycles. The minimum absolute atomic E-state index is 0.272. The Kier molecular flexibility index (Phi) is 3.41. The number of rotatable bonds is 1. The highest BCUT2D eigenvalue weighted by Crippen LogP contribution is 2.48. The SMILES string of the molecule is CC(C)N1CCC2(CC1)C(=O)N(C)c1cc(Br)ccc12. The van der Waals surface area contributed by atoms with Gasteiger partial charge in [-0.25, -0.2) is 0 Å². The lowest BCUT2D eigenvalue weighted by Gasteiger charge is -2.40. The number of benzene rings is 1. The molecule has 0 atom stereocenters. The molecular weight excluding hydrogens is 316 g/mol. The average molecular weight is 337 g/mol. The van der Waals surface area contributed by atoms with Crippen molar-refractivity contribution < 1.29 is 4.79 Å². The third-order valence-electron chi connectivity index (χ3n) is 4.93. The number of anilines is 1. The van der Waals surface area contributed by atoms with E-state index in [2.05, 4.69) is 52.9 Å². The summed E-state index contributed by atoms with van der Waals surface area (Å²) in [6, 6.07) is 6.82. The minimum Gasteiger partial charge on any atom is -0.314 e. The number of carbonyl (C=O) groups excluding carboxylic acids is 1. The maximum absolute atomic E-state index is 12.8. The summed E-state index contributed by atoms with van der Waals surface area (Å²) < 4.78 is 1.03. The van der Waals surface area contributed by atoms with Crippen LogP contribution in [0.25, 0.3) is 0 Å². The zero-order valence-corrected chi connectivity index (χ0v) is 13.9. The van der Waals surface area contributed by atoms with Crippen molar-refractivity contribution in [3.63, 3.8) is 0 Å². The van der Waals surface area contributed by atoms with Gasteiger partial charge in [-0.05, 0) is 57.5 Å². The average Bonchev–Trinajstić information content (AvgIpc) is 2.62. The normalized spacial score (nSPS) is 21.9. The van der Waals surface area contributed by atoms with Gasteiger partial charge in [0.15, 0.2) is 0 Å². The number of likely N-dealkylation sites (N-methyl/N-ethyl adjacent to an activating group) is 1. The fraction of sp³-hybridized carbons (Fsp3) is 0.562. The van der Waals surface area contributed by atoms with Crippen LogP contribution in [-0.2, 0) is 10.2 Å². The quantitative estimate of drug-likeness (QED) is 0.786. The third kappa shape index (κ3) is 1.92. The summed E-state index contributed by atoms with van der Waals surface area (Å²) in [5.41, 5.74) is 2.01. The van der Waals surface area contributed by atoms with E-state index >= 15 is 0 Å². The Balaban J connectivity index is 1.98. The molecule has 3 rings (SSSR count). The second-order valence-electron chi connectivity index (χ2n) is 6.24. The first-order valence-corrected chi connectivity index (χ1v) is 8.07. The van der Waals surface area contributed by atoms with Crippen molar-refractivity contribution in [3.05, 3.63) is 28.2 Å². The molecule has 0 unspecified atom stereocenters. The Morgan fingerprint density at radius 2 is 1.90 bits per heavy atom. The molecule has 1 spiro atoms. The first kappa shape index (κ1) is 14.1. The van der Waals surface area contributed by atoms with Gasteiger partial charge in [0.2, 0.25) is 5.91 Å². The zero-order chi connectivity index (χ0) is 14.5. The Labute approximate surface area is 129 Å². The summed E-state index contributed by atoms with van der Waals surface area (Å²) >= 11 is 3.51. The van der Waals surface area contributed by atoms with Crippen LogP contribution in [0, 0.1) is 0 Å². The summed E-state index contributed by atoms with van der Waals surface area (Å²) in [5.74, 6) is 0.272.